The molecule has 7 heteroatoms. The summed E-state index contributed by atoms with van der Waals surface area (Å²) in [5, 5.41) is 7.60. The Balaban J connectivity index is 1.80. The number of benzene rings is 2. The minimum absolute atomic E-state index is 0.0301. The Hall–Kier alpha value is -2.37. The molecule has 2 amide bonds. The van der Waals surface area contributed by atoms with Crippen LogP contribution < -0.4 is 10.7 Å². The van der Waals surface area contributed by atoms with E-state index in [0.717, 1.165) is 16.8 Å². The summed E-state index contributed by atoms with van der Waals surface area (Å²) in [6, 6.07) is 10.8. The lowest BCUT2D eigenvalue weighted by atomic mass is 10.1. The van der Waals surface area contributed by atoms with Crippen LogP contribution in [0.25, 0.3) is 0 Å². The van der Waals surface area contributed by atoms with E-state index in [-0.39, 0.29) is 24.7 Å². The molecule has 2 rings (SSSR count). The lowest BCUT2D eigenvalue weighted by molar-refractivity contribution is -0.124. The Morgan fingerprint density at radius 1 is 1.04 bits per heavy atom. The zero-order valence-corrected chi connectivity index (χ0v) is 16.0. The van der Waals surface area contributed by atoms with Crippen molar-refractivity contribution in [1.82, 2.24) is 5.43 Å². The molecule has 0 atom stereocenters. The molecule has 0 fully saturated rings. The number of aryl methyl sites for hydroxylation is 2. The first kappa shape index (κ1) is 19.9. The molecule has 136 valence electrons. The Morgan fingerprint density at radius 3 is 2.50 bits per heavy atom. The predicted octanol–water partition coefficient (Wildman–Crippen LogP) is 4.48. The summed E-state index contributed by atoms with van der Waals surface area (Å²) in [4.78, 5) is 23.8. The summed E-state index contributed by atoms with van der Waals surface area (Å²) in [6.45, 7) is 3.87. The smallest absolute Gasteiger partial charge is 0.240 e. The first-order valence-electron chi connectivity index (χ1n) is 7.99. The van der Waals surface area contributed by atoms with Gasteiger partial charge in [0.2, 0.25) is 11.8 Å². The molecule has 0 aliphatic heterocycles. The fourth-order valence-electron chi connectivity index (χ4n) is 2.15. The lowest BCUT2D eigenvalue weighted by Crippen LogP contribution is -2.21. The second-order valence-corrected chi connectivity index (χ2v) is 6.67. The third kappa shape index (κ3) is 6.17. The van der Waals surface area contributed by atoms with E-state index in [4.69, 9.17) is 23.2 Å². The quantitative estimate of drug-likeness (QED) is 0.562. The Labute approximate surface area is 162 Å². The molecule has 5 nitrogen and oxygen atoms in total. The van der Waals surface area contributed by atoms with E-state index in [1.807, 2.05) is 32.0 Å². The topological polar surface area (TPSA) is 70.6 Å². The van der Waals surface area contributed by atoms with Crippen molar-refractivity contribution >= 4 is 46.9 Å². The number of amides is 2. The van der Waals surface area contributed by atoms with Crippen molar-refractivity contribution < 1.29 is 9.59 Å². The van der Waals surface area contributed by atoms with Crippen LogP contribution in [0.5, 0.6) is 0 Å². The van der Waals surface area contributed by atoms with Gasteiger partial charge in [-0.05, 0) is 43.2 Å². The highest BCUT2D eigenvalue weighted by molar-refractivity contribution is 6.36. The van der Waals surface area contributed by atoms with Gasteiger partial charge in [-0.3, -0.25) is 9.59 Å². The van der Waals surface area contributed by atoms with Crippen LogP contribution in [-0.2, 0) is 9.59 Å². The van der Waals surface area contributed by atoms with Gasteiger partial charge in [0, 0.05) is 29.1 Å². The Bertz CT molecular complexity index is 851. The van der Waals surface area contributed by atoms with Gasteiger partial charge in [0.15, 0.2) is 0 Å². The molecule has 0 aliphatic rings. The van der Waals surface area contributed by atoms with E-state index in [1.165, 1.54) is 6.21 Å². The second-order valence-electron chi connectivity index (χ2n) is 5.83. The molecule has 26 heavy (non-hydrogen) atoms. The highest BCUT2D eigenvalue weighted by Gasteiger charge is 2.08. The van der Waals surface area contributed by atoms with Gasteiger partial charge >= 0.3 is 0 Å². The number of nitrogens with one attached hydrogen (secondary N) is 2. The fourth-order valence-corrected chi connectivity index (χ4v) is 2.60. The third-order valence-electron chi connectivity index (χ3n) is 3.60. The van der Waals surface area contributed by atoms with E-state index in [9.17, 15) is 9.59 Å². The highest BCUT2D eigenvalue weighted by atomic mass is 35.5. The van der Waals surface area contributed by atoms with Crippen LogP contribution in [0.15, 0.2) is 41.5 Å². The molecule has 2 N–H and O–H groups in total. The van der Waals surface area contributed by atoms with Crippen molar-refractivity contribution in [3.63, 3.8) is 0 Å². The van der Waals surface area contributed by atoms with Gasteiger partial charge in [-0.1, -0.05) is 41.4 Å². The molecule has 0 unspecified atom stereocenters. The zero-order valence-electron chi connectivity index (χ0n) is 14.5. The second kappa shape index (κ2) is 9.36. The Morgan fingerprint density at radius 2 is 1.77 bits per heavy atom. The highest BCUT2D eigenvalue weighted by Crippen LogP contribution is 2.19. The van der Waals surface area contributed by atoms with Crippen LogP contribution in [-0.4, -0.2) is 18.0 Å². The van der Waals surface area contributed by atoms with E-state index < -0.39 is 0 Å². The van der Waals surface area contributed by atoms with Gasteiger partial charge in [-0.25, -0.2) is 5.43 Å². The molecule has 0 spiro atoms. The number of rotatable bonds is 6. The van der Waals surface area contributed by atoms with Crippen molar-refractivity contribution in [2.75, 3.05) is 5.32 Å². The number of halogens is 2. The van der Waals surface area contributed by atoms with Crippen LogP contribution in [0.3, 0.4) is 0 Å². The number of carbonyl (C=O) groups excluding carboxylic acids is 2. The Kier molecular flexibility index (Phi) is 7.18. The third-order valence-corrected chi connectivity index (χ3v) is 4.16. The number of carbonyl (C=O) groups is 2. The van der Waals surface area contributed by atoms with Crippen molar-refractivity contribution in [2.24, 2.45) is 5.10 Å². The van der Waals surface area contributed by atoms with Gasteiger partial charge in [-0.2, -0.15) is 5.10 Å². The SMILES string of the molecule is Cc1ccc(C)c(NC(=O)CCC(=O)NN=Cc2ccc(Cl)cc2Cl)c1. The van der Waals surface area contributed by atoms with E-state index in [0.29, 0.717) is 15.6 Å². The van der Waals surface area contributed by atoms with Crippen LogP contribution in [0.4, 0.5) is 5.69 Å². The number of hydrogen-bond donors (Lipinski definition) is 2. The lowest BCUT2D eigenvalue weighted by Gasteiger charge is -2.09. The first-order chi connectivity index (χ1) is 12.3. The van der Waals surface area contributed by atoms with Gasteiger partial charge in [0.25, 0.3) is 0 Å². The standard InChI is InChI=1S/C19H19Cl2N3O2/c1-12-3-4-13(2)17(9-12)23-18(25)7-8-19(26)24-22-11-14-5-6-15(20)10-16(14)21/h3-6,9-11H,7-8H2,1-2H3,(H,23,25)(H,24,26). The molecular formula is C19H19Cl2N3O2. The van der Waals surface area contributed by atoms with E-state index in [2.05, 4.69) is 15.8 Å². The van der Waals surface area contributed by atoms with Gasteiger partial charge in [0.05, 0.1) is 11.2 Å². The zero-order chi connectivity index (χ0) is 19.1. The number of hydrogen-bond acceptors (Lipinski definition) is 3. The molecule has 0 heterocycles. The summed E-state index contributed by atoms with van der Waals surface area (Å²) in [5.74, 6) is -0.582. The van der Waals surface area contributed by atoms with Gasteiger partial charge < -0.3 is 5.32 Å². The van der Waals surface area contributed by atoms with Gasteiger partial charge in [0.1, 0.15) is 0 Å². The number of hydrazone groups is 1. The largest absolute Gasteiger partial charge is 0.326 e. The molecule has 0 bridgehead atoms. The molecule has 0 aliphatic carbocycles. The predicted molar refractivity (Wildman–Crippen MR) is 106 cm³/mol. The van der Waals surface area contributed by atoms with Crippen LogP contribution in [0.1, 0.15) is 29.5 Å². The average Bonchev–Trinajstić information content (AvgIpc) is 2.58. The summed E-state index contributed by atoms with van der Waals surface area (Å²) >= 11 is 11.8. The summed E-state index contributed by atoms with van der Waals surface area (Å²) in [6.07, 6.45) is 1.52. The normalized spacial score (nSPS) is 10.8. The van der Waals surface area contributed by atoms with E-state index in [1.54, 1.807) is 18.2 Å². The maximum atomic E-state index is 12.0. The first-order valence-corrected chi connectivity index (χ1v) is 8.75. The van der Waals surface area contributed by atoms with Crippen molar-refractivity contribution in [1.29, 1.82) is 0 Å². The maximum Gasteiger partial charge on any atom is 0.240 e. The van der Waals surface area contributed by atoms with Crippen LogP contribution in [0, 0.1) is 13.8 Å². The minimum Gasteiger partial charge on any atom is -0.326 e. The molecule has 2 aromatic rings. The average molecular weight is 392 g/mol. The molecule has 0 radical (unpaired) electrons. The number of anilines is 1. The maximum absolute atomic E-state index is 12.0. The summed E-state index contributed by atoms with van der Waals surface area (Å²) < 4.78 is 0. The minimum atomic E-state index is -0.359. The fraction of sp³-hybridized carbons (Fsp3) is 0.211. The molecular weight excluding hydrogens is 373 g/mol. The van der Waals surface area contributed by atoms with Crippen LogP contribution >= 0.6 is 23.2 Å². The number of nitrogens with zero attached hydrogens (tertiary/aromatic N) is 1. The van der Waals surface area contributed by atoms with Crippen molar-refractivity contribution in [3.8, 4) is 0 Å². The van der Waals surface area contributed by atoms with Crippen molar-refractivity contribution in [3.05, 3.63) is 63.1 Å². The summed E-state index contributed by atoms with van der Waals surface area (Å²) in [7, 11) is 0. The monoisotopic (exact) mass is 391 g/mol. The van der Waals surface area contributed by atoms with Gasteiger partial charge in [-0.15, -0.1) is 0 Å². The molecule has 0 aromatic heterocycles. The molecule has 0 saturated carbocycles. The summed E-state index contributed by atoms with van der Waals surface area (Å²) in [5.41, 5.74) is 5.78. The molecule has 2 aromatic carbocycles. The molecule has 0 saturated heterocycles. The van der Waals surface area contributed by atoms with E-state index >= 15 is 0 Å². The van der Waals surface area contributed by atoms with Crippen LogP contribution in [0.2, 0.25) is 10.0 Å². The van der Waals surface area contributed by atoms with Crippen molar-refractivity contribution in [2.45, 2.75) is 26.7 Å².